The molecule has 2 amide bonds. The van der Waals surface area contributed by atoms with Gasteiger partial charge in [0.15, 0.2) is 0 Å². The number of rotatable bonds is 8. The molecule has 6 heteroatoms. The first-order chi connectivity index (χ1) is 17.3. The number of carbonyl (C=O) groups excluding carboxylic acids is 1. The second-order valence-corrected chi connectivity index (χ2v) is 10.9. The molecule has 2 aromatic rings. The zero-order chi connectivity index (χ0) is 25.9. The van der Waals surface area contributed by atoms with Gasteiger partial charge in [0.05, 0.1) is 23.3 Å². The van der Waals surface area contributed by atoms with Crippen LogP contribution in [0.4, 0.5) is 10.5 Å². The van der Waals surface area contributed by atoms with E-state index in [0.717, 1.165) is 37.8 Å². The van der Waals surface area contributed by atoms with Crippen molar-refractivity contribution in [2.45, 2.75) is 76.9 Å². The zero-order valence-corrected chi connectivity index (χ0v) is 21.9. The van der Waals surface area contributed by atoms with E-state index in [1.165, 1.54) is 5.56 Å². The van der Waals surface area contributed by atoms with E-state index in [1.807, 2.05) is 23.1 Å². The van der Waals surface area contributed by atoms with Crippen molar-refractivity contribution in [3.8, 4) is 12.1 Å². The molecular formula is C30H37N5O. The van der Waals surface area contributed by atoms with E-state index < -0.39 is 0 Å². The molecule has 2 aliphatic rings. The monoisotopic (exact) mass is 483 g/mol. The predicted octanol–water partition coefficient (Wildman–Crippen LogP) is 5.89. The largest absolute Gasteiger partial charge is 0.322 e. The summed E-state index contributed by atoms with van der Waals surface area (Å²) in [4.78, 5) is 18.1. The van der Waals surface area contributed by atoms with Gasteiger partial charge < -0.3 is 10.2 Å². The molecule has 188 valence electrons. The fourth-order valence-electron chi connectivity index (χ4n) is 6.19. The van der Waals surface area contributed by atoms with Crippen molar-refractivity contribution in [1.29, 1.82) is 10.5 Å². The van der Waals surface area contributed by atoms with Crippen molar-refractivity contribution < 1.29 is 4.79 Å². The van der Waals surface area contributed by atoms with Crippen molar-refractivity contribution >= 4 is 11.7 Å². The van der Waals surface area contributed by atoms with Gasteiger partial charge in [0.1, 0.15) is 0 Å². The lowest BCUT2D eigenvalue weighted by Gasteiger charge is -2.39. The predicted molar refractivity (Wildman–Crippen MR) is 142 cm³/mol. The molecule has 1 unspecified atom stereocenters. The van der Waals surface area contributed by atoms with Crippen molar-refractivity contribution in [2.24, 2.45) is 5.92 Å². The molecule has 0 radical (unpaired) electrons. The first-order valence-corrected chi connectivity index (χ1v) is 13.1. The van der Waals surface area contributed by atoms with Crippen LogP contribution in [0.2, 0.25) is 0 Å². The Kier molecular flexibility index (Phi) is 7.67. The number of benzene rings is 2. The average molecular weight is 484 g/mol. The van der Waals surface area contributed by atoms with Crippen LogP contribution in [0.3, 0.4) is 0 Å². The van der Waals surface area contributed by atoms with Gasteiger partial charge in [-0.1, -0.05) is 18.2 Å². The molecule has 2 aliphatic carbocycles. The van der Waals surface area contributed by atoms with Crippen LogP contribution in [0.1, 0.15) is 70.1 Å². The van der Waals surface area contributed by atoms with Gasteiger partial charge in [0.25, 0.3) is 0 Å². The molecule has 2 saturated carbocycles. The summed E-state index contributed by atoms with van der Waals surface area (Å²) in [6.45, 7) is 10.3. The van der Waals surface area contributed by atoms with Gasteiger partial charge in [-0.05, 0) is 101 Å². The summed E-state index contributed by atoms with van der Waals surface area (Å²) in [6, 6.07) is 20.5. The number of amides is 2. The third kappa shape index (κ3) is 5.40. The van der Waals surface area contributed by atoms with Crippen LogP contribution in [-0.4, -0.2) is 47.0 Å². The minimum Gasteiger partial charge on any atom is -0.320 e. The second-order valence-electron chi connectivity index (χ2n) is 10.9. The number of urea groups is 1. The number of nitriles is 2. The van der Waals surface area contributed by atoms with E-state index in [2.05, 4.69) is 62.2 Å². The highest BCUT2D eigenvalue weighted by atomic mass is 16.2. The van der Waals surface area contributed by atoms with Crippen LogP contribution in [0.5, 0.6) is 0 Å². The van der Waals surface area contributed by atoms with E-state index in [4.69, 9.17) is 0 Å². The lowest BCUT2D eigenvalue weighted by Crippen LogP contribution is -2.50. The summed E-state index contributed by atoms with van der Waals surface area (Å²) in [7, 11) is 0. The van der Waals surface area contributed by atoms with E-state index in [9.17, 15) is 15.3 Å². The molecule has 36 heavy (non-hydrogen) atoms. The van der Waals surface area contributed by atoms with Crippen LogP contribution in [0.25, 0.3) is 0 Å². The number of hydrogen-bond donors (Lipinski definition) is 1. The summed E-state index contributed by atoms with van der Waals surface area (Å²) in [5, 5.41) is 21.7. The molecule has 2 aromatic carbocycles. The van der Waals surface area contributed by atoms with Gasteiger partial charge in [-0.2, -0.15) is 10.5 Å². The summed E-state index contributed by atoms with van der Waals surface area (Å²) in [5.74, 6) is 0.536. The molecule has 1 N–H and O–H groups in total. The number of anilines is 1. The standard InChI is InChI=1S/C30H37N5O/c1-21(2)34(22(3)4)13-14-35(29(36)33-27-10-6-8-24(16-27)20-32)28-11-12-30(18-26(30)17-28)25-9-5-7-23(15-25)19-31/h5-10,15-16,21-22,26,28H,11-14,17-18H2,1-4H3,(H,33,36)/t26?,28-,30-/m1/s1. The molecule has 6 nitrogen and oxygen atoms in total. The fraction of sp³-hybridized carbons (Fsp3) is 0.500. The molecule has 0 aromatic heterocycles. The lowest BCUT2D eigenvalue weighted by atomic mass is 9.80. The van der Waals surface area contributed by atoms with E-state index in [1.54, 1.807) is 18.2 Å². The second kappa shape index (κ2) is 10.7. The molecular weight excluding hydrogens is 446 g/mol. The normalized spacial score (nSPS) is 22.6. The Hall–Kier alpha value is -3.35. The Balaban J connectivity index is 1.51. The van der Waals surface area contributed by atoms with E-state index in [0.29, 0.717) is 35.8 Å². The third-order valence-corrected chi connectivity index (χ3v) is 8.15. The molecule has 0 aliphatic heterocycles. The first-order valence-electron chi connectivity index (χ1n) is 13.1. The number of hydrogen-bond acceptors (Lipinski definition) is 4. The highest BCUT2D eigenvalue weighted by molar-refractivity contribution is 5.89. The van der Waals surface area contributed by atoms with Crippen LogP contribution in [-0.2, 0) is 5.41 Å². The van der Waals surface area contributed by atoms with Gasteiger partial charge in [0, 0.05) is 36.9 Å². The van der Waals surface area contributed by atoms with Crippen LogP contribution < -0.4 is 5.32 Å². The molecule has 4 rings (SSSR count). The Morgan fingerprint density at radius 1 is 1.03 bits per heavy atom. The van der Waals surface area contributed by atoms with Gasteiger partial charge in [-0.3, -0.25) is 4.90 Å². The Morgan fingerprint density at radius 3 is 2.33 bits per heavy atom. The van der Waals surface area contributed by atoms with E-state index in [-0.39, 0.29) is 17.5 Å². The Bertz CT molecular complexity index is 1170. The molecule has 2 fully saturated rings. The molecule has 0 heterocycles. The van der Waals surface area contributed by atoms with Gasteiger partial charge in [0.2, 0.25) is 0 Å². The maximum absolute atomic E-state index is 13.6. The number of nitrogens with zero attached hydrogens (tertiary/aromatic N) is 4. The molecule has 0 bridgehead atoms. The van der Waals surface area contributed by atoms with E-state index >= 15 is 0 Å². The number of nitrogens with one attached hydrogen (secondary N) is 1. The molecule has 0 spiro atoms. The Labute approximate surface area is 215 Å². The molecule has 0 saturated heterocycles. The maximum Gasteiger partial charge on any atom is 0.322 e. The SMILES string of the molecule is CC(C)N(CCN(C(=O)Nc1cccc(C#N)c1)[C@@H]1CC[C@]2(c3cccc(C#N)c3)CC2C1)C(C)C. The topological polar surface area (TPSA) is 83.2 Å². The third-order valence-electron chi connectivity index (χ3n) is 8.15. The highest BCUT2D eigenvalue weighted by Crippen LogP contribution is 2.62. The molecule has 3 atom stereocenters. The minimum absolute atomic E-state index is 0.0952. The average Bonchev–Trinajstić information content (AvgIpc) is 3.61. The van der Waals surface area contributed by atoms with Crippen LogP contribution >= 0.6 is 0 Å². The number of fused-ring (bicyclic) bond motifs is 1. The van der Waals surface area contributed by atoms with Crippen LogP contribution in [0.15, 0.2) is 48.5 Å². The minimum atomic E-state index is -0.0952. The quantitative estimate of drug-likeness (QED) is 0.507. The summed E-state index contributed by atoms with van der Waals surface area (Å²) in [5.41, 5.74) is 3.34. The van der Waals surface area contributed by atoms with Gasteiger partial charge in [-0.25, -0.2) is 4.79 Å². The maximum atomic E-state index is 13.6. The van der Waals surface area contributed by atoms with Crippen LogP contribution in [0, 0.1) is 28.6 Å². The van der Waals surface area contributed by atoms with Gasteiger partial charge in [-0.15, -0.1) is 0 Å². The van der Waals surface area contributed by atoms with Gasteiger partial charge >= 0.3 is 6.03 Å². The van der Waals surface area contributed by atoms with Crippen molar-refractivity contribution in [3.63, 3.8) is 0 Å². The smallest absolute Gasteiger partial charge is 0.320 e. The highest BCUT2D eigenvalue weighted by Gasteiger charge is 2.58. The van der Waals surface area contributed by atoms with Crippen molar-refractivity contribution in [1.82, 2.24) is 9.80 Å². The summed E-state index contributed by atoms with van der Waals surface area (Å²) in [6.07, 6.45) is 4.08. The lowest BCUT2D eigenvalue weighted by molar-refractivity contribution is 0.120. The number of carbonyl (C=O) groups is 1. The first kappa shape index (κ1) is 25.7. The van der Waals surface area contributed by atoms with Crippen molar-refractivity contribution in [2.75, 3.05) is 18.4 Å². The van der Waals surface area contributed by atoms with Crippen molar-refractivity contribution in [3.05, 3.63) is 65.2 Å². The zero-order valence-electron chi connectivity index (χ0n) is 21.9. The fourth-order valence-corrected chi connectivity index (χ4v) is 6.19. The summed E-state index contributed by atoms with van der Waals surface area (Å²) >= 11 is 0. The Morgan fingerprint density at radius 2 is 1.69 bits per heavy atom. The summed E-state index contributed by atoms with van der Waals surface area (Å²) < 4.78 is 0.